The Balaban J connectivity index is 3.43. The fourth-order valence-corrected chi connectivity index (χ4v) is 1.08. The van der Waals surface area contributed by atoms with Crippen molar-refractivity contribution in [3.63, 3.8) is 0 Å². The molecule has 0 aromatic carbocycles. The van der Waals surface area contributed by atoms with Crippen LogP contribution in [-0.2, 0) is 4.79 Å². The first-order valence-electron chi connectivity index (χ1n) is 4.36. The maximum atomic E-state index is 11.1. The van der Waals surface area contributed by atoms with Crippen LogP contribution in [0.3, 0.4) is 0 Å². The molecule has 0 spiro atoms. The summed E-state index contributed by atoms with van der Waals surface area (Å²) in [4.78, 5) is 11.1. The van der Waals surface area contributed by atoms with Crippen LogP contribution in [-0.4, -0.2) is 5.78 Å². The van der Waals surface area contributed by atoms with E-state index < -0.39 is 0 Å². The number of ketones is 1. The number of hydrogen-bond acceptors (Lipinski definition) is 1. The summed E-state index contributed by atoms with van der Waals surface area (Å²) < 4.78 is 0. The molecular formula is C10H18O. The number of rotatable bonds is 6. The van der Waals surface area contributed by atoms with Crippen LogP contribution in [0.1, 0.15) is 39.5 Å². The number of Topliss-reactive ketones (excluding diaryl/α,β-unsaturated/α-hetero) is 1. The van der Waals surface area contributed by atoms with E-state index in [0.29, 0.717) is 12.2 Å². The third kappa shape index (κ3) is 4.77. The summed E-state index contributed by atoms with van der Waals surface area (Å²) in [5.74, 6) is 0.633. The minimum atomic E-state index is 0.250. The fourth-order valence-electron chi connectivity index (χ4n) is 1.08. The molecule has 1 nitrogen and oxygen atoms in total. The van der Waals surface area contributed by atoms with E-state index in [0.717, 1.165) is 19.3 Å². The van der Waals surface area contributed by atoms with E-state index in [1.807, 2.05) is 19.9 Å². The Morgan fingerprint density at radius 2 is 2.27 bits per heavy atom. The first-order chi connectivity index (χ1) is 5.22. The second-order valence-corrected chi connectivity index (χ2v) is 2.94. The van der Waals surface area contributed by atoms with E-state index in [2.05, 4.69) is 6.58 Å². The Labute approximate surface area is 69.5 Å². The third-order valence-corrected chi connectivity index (χ3v) is 1.94. The van der Waals surface area contributed by atoms with Gasteiger partial charge in [0.25, 0.3) is 0 Å². The minimum Gasteiger partial charge on any atom is -0.299 e. The maximum absolute atomic E-state index is 11.1. The van der Waals surface area contributed by atoms with Gasteiger partial charge >= 0.3 is 0 Å². The molecule has 0 radical (unpaired) electrons. The normalized spacial score (nSPS) is 12.5. The Morgan fingerprint density at radius 3 is 2.73 bits per heavy atom. The molecule has 0 aliphatic carbocycles. The lowest BCUT2D eigenvalue weighted by Crippen LogP contribution is -2.08. The van der Waals surface area contributed by atoms with Gasteiger partial charge in [-0.3, -0.25) is 4.79 Å². The molecule has 64 valence electrons. The number of hydrogen-bond donors (Lipinski definition) is 0. The first kappa shape index (κ1) is 10.4. The lowest BCUT2D eigenvalue weighted by atomic mass is 9.98. The van der Waals surface area contributed by atoms with Crippen LogP contribution in [0.5, 0.6) is 0 Å². The van der Waals surface area contributed by atoms with Gasteiger partial charge in [-0.2, -0.15) is 0 Å². The van der Waals surface area contributed by atoms with Crippen molar-refractivity contribution in [1.29, 1.82) is 0 Å². The summed E-state index contributed by atoms with van der Waals surface area (Å²) in [5.41, 5.74) is 0. The molecule has 0 amide bonds. The van der Waals surface area contributed by atoms with Crippen LogP contribution in [0, 0.1) is 5.92 Å². The molecular weight excluding hydrogens is 136 g/mol. The van der Waals surface area contributed by atoms with Crippen molar-refractivity contribution in [2.75, 3.05) is 0 Å². The van der Waals surface area contributed by atoms with Gasteiger partial charge in [0.05, 0.1) is 0 Å². The van der Waals surface area contributed by atoms with E-state index in [1.165, 1.54) is 0 Å². The Hall–Kier alpha value is -0.590. The molecule has 0 rings (SSSR count). The van der Waals surface area contributed by atoms with Crippen molar-refractivity contribution in [3.8, 4) is 0 Å². The molecule has 0 N–H and O–H groups in total. The quantitative estimate of drug-likeness (QED) is 0.424. The molecule has 0 aromatic heterocycles. The van der Waals surface area contributed by atoms with Crippen LogP contribution >= 0.6 is 0 Å². The topological polar surface area (TPSA) is 17.1 Å². The molecule has 0 aliphatic rings. The van der Waals surface area contributed by atoms with Crippen LogP contribution in [0.4, 0.5) is 0 Å². The lowest BCUT2D eigenvalue weighted by molar-refractivity contribution is -0.122. The van der Waals surface area contributed by atoms with Crippen LogP contribution < -0.4 is 0 Å². The van der Waals surface area contributed by atoms with E-state index >= 15 is 0 Å². The van der Waals surface area contributed by atoms with Gasteiger partial charge in [0.2, 0.25) is 0 Å². The molecule has 0 saturated carbocycles. The van der Waals surface area contributed by atoms with Crippen LogP contribution in [0.15, 0.2) is 12.7 Å². The summed E-state index contributed by atoms with van der Waals surface area (Å²) in [6.07, 6.45) is 5.72. The average Bonchev–Trinajstić information content (AvgIpc) is 2.03. The highest BCUT2D eigenvalue weighted by Crippen LogP contribution is 2.10. The number of carbonyl (C=O) groups is 1. The highest BCUT2D eigenvalue weighted by Gasteiger charge is 2.08. The molecule has 11 heavy (non-hydrogen) atoms. The second-order valence-electron chi connectivity index (χ2n) is 2.94. The zero-order chi connectivity index (χ0) is 8.69. The zero-order valence-corrected chi connectivity index (χ0v) is 7.60. The highest BCUT2D eigenvalue weighted by molar-refractivity contribution is 5.80. The molecule has 0 aliphatic heterocycles. The summed E-state index contributed by atoms with van der Waals surface area (Å²) >= 11 is 0. The largest absolute Gasteiger partial charge is 0.299 e. The number of carbonyl (C=O) groups excluding carboxylic acids is 1. The predicted octanol–water partition coefficient (Wildman–Crippen LogP) is 2.96. The lowest BCUT2D eigenvalue weighted by Gasteiger charge is -2.06. The number of unbranched alkanes of at least 4 members (excludes halogenated alkanes) is 1. The summed E-state index contributed by atoms with van der Waals surface area (Å²) in [5, 5.41) is 0. The average molecular weight is 154 g/mol. The Kier molecular flexibility index (Phi) is 5.81. The van der Waals surface area contributed by atoms with Crippen molar-refractivity contribution < 1.29 is 4.79 Å². The summed E-state index contributed by atoms with van der Waals surface area (Å²) in [6.45, 7) is 7.57. The van der Waals surface area contributed by atoms with Gasteiger partial charge in [0, 0.05) is 12.3 Å². The molecule has 1 heteroatoms. The van der Waals surface area contributed by atoms with Crippen LogP contribution in [0.2, 0.25) is 0 Å². The van der Waals surface area contributed by atoms with Gasteiger partial charge in [-0.15, -0.1) is 6.58 Å². The van der Waals surface area contributed by atoms with E-state index in [9.17, 15) is 4.79 Å². The van der Waals surface area contributed by atoms with Gasteiger partial charge in [0.1, 0.15) is 5.78 Å². The molecule has 0 fully saturated rings. The molecule has 0 bridgehead atoms. The fraction of sp³-hybridized carbons (Fsp3) is 0.700. The van der Waals surface area contributed by atoms with Crippen molar-refractivity contribution >= 4 is 5.78 Å². The summed E-state index contributed by atoms with van der Waals surface area (Å²) in [6, 6.07) is 0. The Bertz CT molecular complexity index is 127. The maximum Gasteiger partial charge on any atom is 0.135 e. The molecule has 0 aromatic rings. The van der Waals surface area contributed by atoms with Crippen molar-refractivity contribution in [3.05, 3.63) is 12.7 Å². The predicted molar refractivity (Wildman–Crippen MR) is 48.5 cm³/mol. The standard InChI is InChI=1S/C10H18O/c1-4-6-7-8-9(3)10(11)5-2/h4,9H,1,5-8H2,2-3H3. The van der Waals surface area contributed by atoms with Crippen molar-refractivity contribution in [1.82, 2.24) is 0 Å². The smallest absolute Gasteiger partial charge is 0.135 e. The molecule has 0 heterocycles. The van der Waals surface area contributed by atoms with Gasteiger partial charge in [0.15, 0.2) is 0 Å². The Morgan fingerprint density at radius 1 is 1.64 bits per heavy atom. The molecule has 1 atom stereocenters. The van der Waals surface area contributed by atoms with E-state index in [-0.39, 0.29) is 5.92 Å². The van der Waals surface area contributed by atoms with Crippen LogP contribution in [0.25, 0.3) is 0 Å². The zero-order valence-electron chi connectivity index (χ0n) is 7.60. The number of allylic oxidation sites excluding steroid dienone is 1. The second kappa shape index (κ2) is 6.14. The van der Waals surface area contributed by atoms with Crippen molar-refractivity contribution in [2.45, 2.75) is 39.5 Å². The van der Waals surface area contributed by atoms with Gasteiger partial charge in [-0.25, -0.2) is 0 Å². The third-order valence-electron chi connectivity index (χ3n) is 1.94. The van der Waals surface area contributed by atoms with E-state index in [4.69, 9.17) is 0 Å². The van der Waals surface area contributed by atoms with Crippen molar-refractivity contribution in [2.24, 2.45) is 5.92 Å². The van der Waals surface area contributed by atoms with Gasteiger partial charge < -0.3 is 0 Å². The molecule has 0 saturated heterocycles. The van der Waals surface area contributed by atoms with E-state index in [1.54, 1.807) is 0 Å². The van der Waals surface area contributed by atoms with Gasteiger partial charge in [-0.05, 0) is 19.3 Å². The monoisotopic (exact) mass is 154 g/mol. The first-order valence-corrected chi connectivity index (χ1v) is 4.36. The minimum absolute atomic E-state index is 0.250. The highest BCUT2D eigenvalue weighted by atomic mass is 16.1. The molecule has 1 unspecified atom stereocenters. The van der Waals surface area contributed by atoms with Gasteiger partial charge in [-0.1, -0.05) is 19.9 Å². The SMILES string of the molecule is C=CCCCC(C)C(=O)CC. The summed E-state index contributed by atoms with van der Waals surface area (Å²) in [7, 11) is 0.